The minimum atomic E-state index is 0.715. The molecule has 3 N–H and O–H groups in total. The van der Waals surface area contributed by atoms with Gasteiger partial charge in [0.15, 0.2) is 0 Å². The molecule has 0 fully saturated rings. The second kappa shape index (κ2) is 5.78. The van der Waals surface area contributed by atoms with Gasteiger partial charge >= 0.3 is 0 Å². The molecule has 0 unspecified atom stereocenters. The highest BCUT2D eigenvalue weighted by Crippen LogP contribution is 2.09. The SMILES string of the molecule is Cc1ccc(CCNCCN)cc1C. The third-order valence-corrected chi connectivity index (χ3v) is 2.48. The average Bonchev–Trinajstić information content (AvgIpc) is 2.18. The van der Waals surface area contributed by atoms with Gasteiger partial charge in [0.2, 0.25) is 0 Å². The number of benzene rings is 1. The number of hydrogen-bond acceptors (Lipinski definition) is 2. The molecule has 0 radical (unpaired) electrons. The Kier molecular flexibility index (Phi) is 4.63. The summed E-state index contributed by atoms with van der Waals surface area (Å²) in [6.07, 6.45) is 1.08. The molecule has 1 aromatic rings. The molecule has 0 saturated heterocycles. The number of hydrogen-bond donors (Lipinski definition) is 2. The Morgan fingerprint density at radius 2 is 1.93 bits per heavy atom. The zero-order valence-corrected chi connectivity index (χ0v) is 9.14. The molecule has 0 aliphatic carbocycles. The molecule has 0 heterocycles. The van der Waals surface area contributed by atoms with Crippen LogP contribution in [0.1, 0.15) is 16.7 Å². The van der Waals surface area contributed by atoms with E-state index < -0.39 is 0 Å². The van der Waals surface area contributed by atoms with E-state index in [1.54, 1.807) is 0 Å². The summed E-state index contributed by atoms with van der Waals surface area (Å²) in [7, 11) is 0. The first kappa shape index (κ1) is 11.2. The summed E-state index contributed by atoms with van der Waals surface area (Å²) in [5, 5.41) is 3.29. The lowest BCUT2D eigenvalue weighted by Gasteiger charge is -2.06. The fourth-order valence-corrected chi connectivity index (χ4v) is 1.42. The summed E-state index contributed by atoms with van der Waals surface area (Å²) in [6.45, 7) is 6.94. The Balaban J connectivity index is 2.39. The van der Waals surface area contributed by atoms with Crippen molar-refractivity contribution in [1.29, 1.82) is 0 Å². The van der Waals surface area contributed by atoms with Crippen LogP contribution in [0.4, 0.5) is 0 Å². The highest BCUT2D eigenvalue weighted by molar-refractivity contribution is 5.29. The van der Waals surface area contributed by atoms with Gasteiger partial charge in [-0.15, -0.1) is 0 Å². The van der Waals surface area contributed by atoms with Crippen LogP contribution in [0.15, 0.2) is 18.2 Å². The average molecular weight is 192 g/mol. The molecule has 0 saturated carbocycles. The zero-order chi connectivity index (χ0) is 10.4. The van der Waals surface area contributed by atoms with E-state index in [1.165, 1.54) is 16.7 Å². The van der Waals surface area contributed by atoms with Crippen LogP contribution in [0.2, 0.25) is 0 Å². The molecule has 0 amide bonds. The molecular formula is C12H20N2. The molecule has 1 rings (SSSR count). The van der Waals surface area contributed by atoms with Crippen molar-refractivity contribution in [3.8, 4) is 0 Å². The first-order chi connectivity index (χ1) is 6.74. The standard InChI is InChI=1S/C12H20N2/c1-10-3-4-12(9-11(10)2)5-7-14-8-6-13/h3-4,9,14H,5-8,13H2,1-2H3. The maximum absolute atomic E-state index is 5.39. The largest absolute Gasteiger partial charge is 0.329 e. The molecule has 2 nitrogen and oxygen atoms in total. The van der Waals surface area contributed by atoms with E-state index in [0.717, 1.165) is 19.5 Å². The first-order valence-electron chi connectivity index (χ1n) is 5.21. The fourth-order valence-electron chi connectivity index (χ4n) is 1.42. The van der Waals surface area contributed by atoms with E-state index in [0.29, 0.717) is 6.54 Å². The first-order valence-corrected chi connectivity index (χ1v) is 5.21. The van der Waals surface area contributed by atoms with Crippen molar-refractivity contribution < 1.29 is 0 Å². The van der Waals surface area contributed by atoms with E-state index in [-0.39, 0.29) is 0 Å². The Morgan fingerprint density at radius 1 is 1.14 bits per heavy atom. The van der Waals surface area contributed by atoms with Crippen molar-refractivity contribution in [3.63, 3.8) is 0 Å². The summed E-state index contributed by atoms with van der Waals surface area (Å²) in [6, 6.07) is 6.65. The van der Waals surface area contributed by atoms with E-state index in [4.69, 9.17) is 5.73 Å². The predicted molar refractivity (Wildman–Crippen MR) is 61.5 cm³/mol. The lowest BCUT2D eigenvalue weighted by atomic mass is 10.0. The van der Waals surface area contributed by atoms with Gasteiger partial charge in [-0.05, 0) is 43.5 Å². The molecule has 0 spiro atoms. The molecular weight excluding hydrogens is 172 g/mol. The summed E-state index contributed by atoms with van der Waals surface area (Å²) in [4.78, 5) is 0. The van der Waals surface area contributed by atoms with Crippen LogP contribution in [0.5, 0.6) is 0 Å². The van der Waals surface area contributed by atoms with Crippen LogP contribution >= 0.6 is 0 Å². The van der Waals surface area contributed by atoms with E-state index in [2.05, 4.69) is 37.4 Å². The number of nitrogens with one attached hydrogen (secondary N) is 1. The Bertz CT molecular complexity index is 282. The Morgan fingerprint density at radius 3 is 2.57 bits per heavy atom. The maximum Gasteiger partial charge on any atom is 0.00746 e. The smallest absolute Gasteiger partial charge is 0.00746 e. The topological polar surface area (TPSA) is 38.0 Å². The van der Waals surface area contributed by atoms with Crippen LogP contribution in [0, 0.1) is 13.8 Å². The number of rotatable bonds is 5. The quantitative estimate of drug-likeness (QED) is 0.692. The van der Waals surface area contributed by atoms with Gasteiger partial charge in [0, 0.05) is 13.1 Å². The third kappa shape index (κ3) is 3.48. The second-order valence-corrected chi connectivity index (χ2v) is 3.71. The lowest BCUT2D eigenvalue weighted by molar-refractivity contribution is 0.688. The van der Waals surface area contributed by atoms with Crippen molar-refractivity contribution >= 4 is 0 Å². The molecule has 0 atom stereocenters. The summed E-state index contributed by atoms with van der Waals surface area (Å²) in [5.74, 6) is 0. The van der Waals surface area contributed by atoms with Gasteiger partial charge in [-0.2, -0.15) is 0 Å². The molecule has 0 aliphatic rings. The highest BCUT2D eigenvalue weighted by atomic mass is 14.9. The second-order valence-electron chi connectivity index (χ2n) is 3.71. The summed E-state index contributed by atoms with van der Waals surface area (Å²) < 4.78 is 0. The number of nitrogens with two attached hydrogens (primary N) is 1. The molecule has 14 heavy (non-hydrogen) atoms. The molecule has 0 bridgehead atoms. The molecule has 0 aliphatic heterocycles. The highest BCUT2D eigenvalue weighted by Gasteiger charge is 1.95. The lowest BCUT2D eigenvalue weighted by Crippen LogP contribution is -2.24. The van der Waals surface area contributed by atoms with Crippen molar-refractivity contribution in [2.75, 3.05) is 19.6 Å². The van der Waals surface area contributed by atoms with Crippen molar-refractivity contribution in [2.24, 2.45) is 5.73 Å². The molecule has 78 valence electrons. The fraction of sp³-hybridized carbons (Fsp3) is 0.500. The van der Waals surface area contributed by atoms with E-state index in [1.807, 2.05) is 0 Å². The Labute approximate surface area is 86.5 Å². The van der Waals surface area contributed by atoms with Crippen LogP contribution in [-0.4, -0.2) is 19.6 Å². The molecule has 2 heteroatoms. The molecule has 0 aromatic heterocycles. The minimum absolute atomic E-state index is 0.715. The third-order valence-electron chi connectivity index (χ3n) is 2.48. The van der Waals surface area contributed by atoms with Gasteiger partial charge in [0.05, 0.1) is 0 Å². The van der Waals surface area contributed by atoms with Crippen LogP contribution in [-0.2, 0) is 6.42 Å². The summed E-state index contributed by atoms with van der Waals surface area (Å²) in [5.41, 5.74) is 9.53. The normalized spacial score (nSPS) is 10.5. The van der Waals surface area contributed by atoms with E-state index in [9.17, 15) is 0 Å². The van der Waals surface area contributed by atoms with Crippen molar-refractivity contribution in [3.05, 3.63) is 34.9 Å². The minimum Gasteiger partial charge on any atom is -0.329 e. The monoisotopic (exact) mass is 192 g/mol. The van der Waals surface area contributed by atoms with Gasteiger partial charge in [-0.3, -0.25) is 0 Å². The molecule has 1 aromatic carbocycles. The zero-order valence-electron chi connectivity index (χ0n) is 9.14. The number of aryl methyl sites for hydroxylation is 2. The van der Waals surface area contributed by atoms with Gasteiger partial charge in [-0.25, -0.2) is 0 Å². The maximum atomic E-state index is 5.39. The van der Waals surface area contributed by atoms with Crippen LogP contribution in [0.3, 0.4) is 0 Å². The van der Waals surface area contributed by atoms with Gasteiger partial charge < -0.3 is 11.1 Å². The van der Waals surface area contributed by atoms with Crippen molar-refractivity contribution in [1.82, 2.24) is 5.32 Å². The van der Waals surface area contributed by atoms with Gasteiger partial charge in [-0.1, -0.05) is 18.2 Å². The van der Waals surface area contributed by atoms with E-state index >= 15 is 0 Å². The van der Waals surface area contributed by atoms with Crippen LogP contribution in [0.25, 0.3) is 0 Å². The van der Waals surface area contributed by atoms with Gasteiger partial charge in [0.25, 0.3) is 0 Å². The predicted octanol–water partition coefficient (Wildman–Crippen LogP) is 1.39. The summed E-state index contributed by atoms with van der Waals surface area (Å²) >= 11 is 0. The van der Waals surface area contributed by atoms with Crippen molar-refractivity contribution in [2.45, 2.75) is 20.3 Å². The van der Waals surface area contributed by atoms with Crippen LogP contribution < -0.4 is 11.1 Å². The Hall–Kier alpha value is -0.860. The van der Waals surface area contributed by atoms with Gasteiger partial charge in [0.1, 0.15) is 0 Å².